The van der Waals surface area contributed by atoms with E-state index in [1.54, 1.807) is 0 Å². The second kappa shape index (κ2) is 8.01. The molecule has 0 aliphatic rings. The van der Waals surface area contributed by atoms with E-state index in [2.05, 4.69) is 35.7 Å². The highest BCUT2D eigenvalue weighted by atomic mass is 127. The molecule has 1 aromatic rings. The van der Waals surface area contributed by atoms with Gasteiger partial charge in [0.25, 0.3) is 0 Å². The minimum Gasteiger partial charge on any atom is -0.493 e. The van der Waals surface area contributed by atoms with Crippen LogP contribution < -0.4 is 9.47 Å². The molecule has 0 aliphatic carbocycles. The second-order valence-electron chi connectivity index (χ2n) is 4.13. The Labute approximate surface area is 125 Å². The first kappa shape index (κ1) is 15.8. The van der Waals surface area contributed by atoms with E-state index in [0.29, 0.717) is 19.8 Å². The highest BCUT2D eigenvalue weighted by molar-refractivity contribution is 14.1. The van der Waals surface area contributed by atoms with Gasteiger partial charge < -0.3 is 13.9 Å². The summed E-state index contributed by atoms with van der Waals surface area (Å²) in [6.07, 6.45) is 0. The number of benzene rings is 1. The number of ether oxygens (including phenoxy) is 2. The van der Waals surface area contributed by atoms with E-state index in [4.69, 9.17) is 13.9 Å². The fourth-order valence-corrected chi connectivity index (χ4v) is 2.64. The average molecular weight is 380 g/mol. The Morgan fingerprint density at radius 2 is 1.56 bits per heavy atom. The van der Waals surface area contributed by atoms with E-state index >= 15 is 0 Å². The Bertz CT molecular complexity index is 355. The molecule has 3 nitrogen and oxygen atoms in total. The number of halogens is 1. The minimum absolute atomic E-state index is 0.640. The first-order valence-electron chi connectivity index (χ1n) is 6.28. The normalized spacial score (nSPS) is 10.8. The Kier molecular flexibility index (Phi) is 7.02. The smallest absolute Gasteiger partial charge is 0.171 e. The van der Waals surface area contributed by atoms with Gasteiger partial charge in [0.15, 0.2) is 9.04 Å². The van der Waals surface area contributed by atoms with Crippen molar-refractivity contribution in [1.29, 1.82) is 0 Å². The standard InChI is InChI=1S/C13H21IO3Si/c1-5-15-11-7-10(9-17-18(3)4)8-12(13(11)14)16-6-2/h7-8,18H,5-6,9H2,1-4H3. The lowest BCUT2D eigenvalue weighted by molar-refractivity contribution is 0.301. The van der Waals surface area contributed by atoms with E-state index < -0.39 is 9.04 Å². The van der Waals surface area contributed by atoms with Crippen molar-refractivity contribution in [1.82, 2.24) is 0 Å². The van der Waals surface area contributed by atoms with Gasteiger partial charge in [-0.1, -0.05) is 0 Å². The van der Waals surface area contributed by atoms with Gasteiger partial charge in [-0.2, -0.15) is 0 Å². The summed E-state index contributed by atoms with van der Waals surface area (Å²) in [5, 5.41) is 0. The van der Waals surface area contributed by atoms with Crippen molar-refractivity contribution in [2.45, 2.75) is 33.5 Å². The Morgan fingerprint density at radius 1 is 1.06 bits per heavy atom. The van der Waals surface area contributed by atoms with Crippen molar-refractivity contribution >= 4 is 31.6 Å². The molecule has 0 saturated heterocycles. The molecule has 5 heteroatoms. The van der Waals surface area contributed by atoms with E-state index in [1.165, 1.54) is 0 Å². The van der Waals surface area contributed by atoms with Gasteiger partial charge in [0.05, 0.1) is 23.4 Å². The van der Waals surface area contributed by atoms with Crippen LogP contribution in [0.2, 0.25) is 13.1 Å². The lowest BCUT2D eigenvalue weighted by Crippen LogP contribution is -2.08. The first-order valence-corrected chi connectivity index (χ1v) is 10.1. The van der Waals surface area contributed by atoms with Gasteiger partial charge >= 0.3 is 0 Å². The van der Waals surface area contributed by atoms with E-state index in [-0.39, 0.29) is 0 Å². The maximum atomic E-state index is 5.76. The van der Waals surface area contributed by atoms with Gasteiger partial charge in [-0.3, -0.25) is 0 Å². The monoisotopic (exact) mass is 380 g/mol. The zero-order valence-corrected chi connectivity index (χ0v) is 14.8. The molecule has 0 unspecified atom stereocenters. The summed E-state index contributed by atoms with van der Waals surface area (Å²) in [5.41, 5.74) is 1.11. The molecule has 0 amide bonds. The molecule has 0 saturated carbocycles. The summed E-state index contributed by atoms with van der Waals surface area (Å²) >= 11 is 2.26. The summed E-state index contributed by atoms with van der Waals surface area (Å²) in [6.45, 7) is 10.3. The summed E-state index contributed by atoms with van der Waals surface area (Å²) in [6, 6.07) is 4.09. The molecular weight excluding hydrogens is 359 g/mol. The molecule has 0 atom stereocenters. The van der Waals surface area contributed by atoms with E-state index in [0.717, 1.165) is 20.6 Å². The molecule has 0 heterocycles. The van der Waals surface area contributed by atoms with Crippen LogP contribution in [0.3, 0.4) is 0 Å². The van der Waals surface area contributed by atoms with Crippen molar-refractivity contribution < 1.29 is 13.9 Å². The van der Waals surface area contributed by atoms with Crippen molar-refractivity contribution in [3.8, 4) is 11.5 Å². The first-order chi connectivity index (χ1) is 8.58. The van der Waals surface area contributed by atoms with Crippen LogP contribution in [0.1, 0.15) is 19.4 Å². The highest BCUT2D eigenvalue weighted by Gasteiger charge is 2.11. The van der Waals surface area contributed by atoms with Gasteiger partial charge in [-0.15, -0.1) is 0 Å². The molecule has 18 heavy (non-hydrogen) atoms. The molecule has 1 aromatic carbocycles. The molecule has 0 fully saturated rings. The largest absolute Gasteiger partial charge is 0.493 e. The Morgan fingerprint density at radius 3 is 1.94 bits per heavy atom. The lowest BCUT2D eigenvalue weighted by atomic mass is 10.2. The quantitative estimate of drug-likeness (QED) is 0.535. The predicted molar refractivity (Wildman–Crippen MR) is 85.2 cm³/mol. The minimum atomic E-state index is -1.000. The third kappa shape index (κ3) is 4.77. The van der Waals surface area contributed by atoms with Gasteiger partial charge in [0.1, 0.15) is 11.5 Å². The number of hydrogen-bond acceptors (Lipinski definition) is 3. The van der Waals surface area contributed by atoms with Crippen LogP contribution in [0.25, 0.3) is 0 Å². The summed E-state index contributed by atoms with van der Waals surface area (Å²) in [7, 11) is -1.000. The maximum absolute atomic E-state index is 5.76. The van der Waals surface area contributed by atoms with E-state index in [9.17, 15) is 0 Å². The maximum Gasteiger partial charge on any atom is 0.171 e. The molecule has 0 radical (unpaired) electrons. The molecule has 0 aromatic heterocycles. The molecule has 0 N–H and O–H groups in total. The second-order valence-corrected chi connectivity index (χ2v) is 7.64. The summed E-state index contributed by atoms with van der Waals surface area (Å²) in [4.78, 5) is 0. The Hall–Kier alpha value is -0.273. The zero-order chi connectivity index (χ0) is 13.5. The van der Waals surface area contributed by atoms with Crippen molar-refractivity contribution in [3.63, 3.8) is 0 Å². The van der Waals surface area contributed by atoms with E-state index in [1.807, 2.05) is 26.0 Å². The number of rotatable bonds is 7. The number of hydrogen-bond donors (Lipinski definition) is 0. The summed E-state index contributed by atoms with van der Waals surface area (Å²) < 4.78 is 18.1. The van der Waals surface area contributed by atoms with Gasteiger partial charge in [0.2, 0.25) is 0 Å². The van der Waals surface area contributed by atoms with Crippen molar-refractivity contribution in [2.75, 3.05) is 13.2 Å². The average Bonchev–Trinajstić information content (AvgIpc) is 2.32. The molecule has 0 spiro atoms. The predicted octanol–water partition coefficient (Wildman–Crippen LogP) is 3.59. The van der Waals surface area contributed by atoms with Crippen molar-refractivity contribution in [3.05, 3.63) is 21.3 Å². The van der Waals surface area contributed by atoms with Gasteiger partial charge in [0, 0.05) is 0 Å². The molecule has 0 aliphatic heterocycles. The van der Waals surface area contributed by atoms with Crippen LogP contribution in [0, 0.1) is 3.57 Å². The van der Waals surface area contributed by atoms with Crippen LogP contribution in [-0.4, -0.2) is 22.3 Å². The SMILES string of the molecule is CCOc1cc(CO[SiH](C)C)cc(OCC)c1I. The molecule has 0 bridgehead atoms. The van der Waals surface area contributed by atoms with Gasteiger partial charge in [-0.25, -0.2) is 0 Å². The van der Waals surface area contributed by atoms with Crippen LogP contribution in [0.15, 0.2) is 12.1 Å². The van der Waals surface area contributed by atoms with Gasteiger partial charge in [-0.05, 0) is 67.2 Å². The third-order valence-corrected chi connectivity index (χ3v) is 4.15. The van der Waals surface area contributed by atoms with Crippen LogP contribution in [-0.2, 0) is 11.0 Å². The van der Waals surface area contributed by atoms with Crippen LogP contribution >= 0.6 is 22.6 Å². The molecule has 1 rings (SSSR count). The molecule has 102 valence electrons. The van der Waals surface area contributed by atoms with Crippen LogP contribution in [0.4, 0.5) is 0 Å². The zero-order valence-electron chi connectivity index (χ0n) is 11.5. The Balaban J connectivity index is 2.95. The third-order valence-electron chi connectivity index (χ3n) is 2.25. The fourth-order valence-electron chi connectivity index (χ4n) is 1.49. The topological polar surface area (TPSA) is 27.7 Å². The highest BCUT2D eigenvalue weighted by Crippen LogP contribution is 2.32. The fraction of sp³-hybridized carbons (Fsp3) is 0.538. The summed E-state index contributed by atoms with van der Waals surface area (Å²) in [5.74, 6) is 1.76. The molecular formula is C13H21IO3Si. The van der Waals surface area contributed by atoms with Crippen molar-refractivity contribution in [2.24, 2.45) is 0 Å². The van der Waals surface area contributed by atoms with Crippen LogP contribution in [0.5, 0.6) is 11.5 Å². The lowest BCUT2D eigenvalue weighted by Gasteiger charge is -2.14.